The van der Waals surface area contributed by atoms with Gasteiger partial charge < -0.3 is 19.9 Å². The van der Waals surface area contributed by atoms with E-state index in [4.69, 9.17) is 4.74 Å². The Morgan fingerprint density at radius 1 is 1.22 bits per heavy atom. The number of nitrogens with one attached hydrogen (secondary N) is 1. The number of hydrogen-bond donors (Lipinski definition) is 1. The van der Waals surface area contributed by atoms with E-state index in [2.05, 4.69) is 5.32 Å². The fraction of sp³-hybridized carbons (Fsp3) is 0.625. The number of nitrogens with zero attached hydrogens (tertiary/aromatic N) is 2. The number of likely N-dealkylation sites (N-methyl/N-ethyl adjacent to an activating group) is 2. The molecule has 1 aromatic heterocycles. The fourth-order valence-electron chi connectivity index (χ4n) is 1.82. The average molecular weight is 341 g/mol. The van der Waals surface area contributed by atoms with Crippen LogP contribution in [-0.2, 0) is 4.74 Å². The number of hydrogen-bond acceptors (Lipinski definition) is 5. The first-order valence-corrected chi connectivity index (χ1v) is 8.34. The van der Waals surface area contributed by atoms with E-state index in [-0.39, 0.29) is 12.0 Å². The van der Waals surface area contributed by atoms with Crippen molar-refractivity contribution in [3.63, 3.8) is 0 Å². The SMILES string of the molecule is CNc1cc(C)c(C(=O)N(C)CCN(C)C(=O)OC(C)(C)C)s1. The second-order valence-corrected chi connectivity index (χ2v) is 7.55. The first-order valence-electron chi connectivity index (χ1n) is 7.53. The number of carbonyl (C=O) groups excluding carboxylic acids is 2. The molecule has 0 atom stereocenters. The van der Waals surface area contributed by atoms with Crippen molar-refractivity contribution in [1.82, 2.24) is 9.80 Å². The molecule has 7 heteroatoms. The second-order valence-electron chi connectivity index (χ2n) is 6.50. The number of carbonyl (C=O) groups is 2. The van der Waals surface area contributed by atoms with Crippen LogP contribution < -0.4 is 5.32 Å². The van der Waals surface area contributed by atoms with Gasteiger partial charge in [0.2, 0.25) is 0 Å². The Labute approximate surface area is 142 Å². The van der Waals surface area contributed by atoms with Gasteiger partial charge in [-0.3, -0.25) is 4.79 Å². The lowest BCUT2D eigenvalue weighted by molar-refractivity contribution is 0.0283. The molecule has 0 aliphatic rings. The Balaban J connectivity index is 2.58. The molecule has 1 aromatic rings. The van der Waals surface area contributed by atoms with Crippen molar-refractivity contribution in [2.75, 3.05) is 39.5 Å². The predicted octanol–water partition coefficient (Wildman–Crippen LogP) is 3.04. The minimum Gasteiger partial charge on any atom is -0.444 e. The van der Waals surface area contributed by atoms with Crippen LogP contribution in [0.3, 0.4) is 0 Å². The van der Waals surface area contributed by atoms with E-state index in [0.29, 0.717) is 13.1 Å². The summed E-state index contributed by atoms with van der Waals surface area (Å²) in [6.45, 7) is 8.26. The quantitative estimate of drug-likeness (QED) is 0.894. The highest BCUT2D eigenvalue weighted by atomic mass is 32.1. The molecule has 6 nitrogen and oxygen atoms in total. The van der Waals surface area contributed by atoms with Crippen LogP contribution in [-0.4, -0.2) is 61.6 Å². The molecule has 0 radical (unpaired) electrons. The van der Waals surface area contributed by atoms with Gasteiger partial charge in [0, 0.05) is 34.2 Å². The number of amides is 2. The first-order chi connectivity index (χ1) is 10.5. The van der Waals surface area contributed by atoms with Crippen molar-refractivity contribution >= 4 is 28.3 Å². The van der Waals surface area contributed by atoms with Crippen LogP contribution in [0, 0.1) is 6.92 Å². The fourth-order valence-corrected chi connectivity index (χ4v) is 2.84. The molecule has 0 aliphatic heterocycles. The molecular weight excluding hydrogens is 314 g/mol. The summed E-state index contributed by atoms with van der Waals surface area (Å²) in [5.41, 5.74) is 0.432. The third-order valence-corrected chi connectivity index (χ3v) is 4.42. The zero-order valence-corrected chi connectivity index (χ0v) is 15.8. The molecule has 1 rings (SSSR count). The van der Waals surface area contributed by atoms with Gasteiger partial charge in [0.05, 0.1) is 9.88 Å². The molecular formula is C16H27N3O3S. The highest BCUT2D eigenvalue weighted by molar-refractivity contribution is 7.18. The number of anilines is 1. The van der Waals surface area contributed by atoms with Crippen LogP contribution in [0.25, 0.3) is 0 Å². The van der Waals surface area contributed by atoms with E-state index in [9.17, 15) is 9.59 Å². The molecule has 1 heterocycles. The minimum absolute atomic E-state index is 0.0356. The van der Waals surface area contributed by atoms with E-state index >= 15 is 0 Å². The van der Waals surface area contributed by atoms with Crippen molar-refractivity contribution in [1.29, 1.82) is 0 Å². The summed E-state index contributed by atoms with van der Waals surface area (Å²) in [6, 6.07) is 1.96. The predicted molar refractivity (Wildman–Crippen MR) is 94.4 cm³/mol. The smallest absolute Gasteiger partial charge is 0.410 e. The number of ether oxygens (including phenoxy) is 1. The summed E-state index contributed by atoms with van der Waals surface area (Å²) in [5, 5.41) is 4.01. The van der Waals surface area contributed by atoms with Gasteiger partial charge in [0.1, 0.15) is 5.60 Å². The highest BCUT2D eigenvalue weighted by Crippen LogP contribution is 2.27. The van der Waals surface area contributed by atoms with Gasteiger partial charge in [-0.1, -0.05) is 0 Å². The molecule has 0 aliphatic carbocycles. The van der Waals surface area contributed by atoms with Crippen molar-refractivity contribution in [2.45, 2.75) is 33.3 Å². The third-order valence-electron chi connectivity index (χ3n) is 3.18. The minimum atomic E-state index is -0.523. The van der Waals surface area contributed by atoms with Gasteiger partial charge in [-0.15, -0.1) is 11.3 Å². The highest BCUT2D eigenvalue weighted by Gasteiger charge is 2.21. The largest absolute Gasteiger partial charge is 0.444 e. The lowest BCUT2D eigenvalue weighted by Crippen LogP contribution is -2.39. The Kier molecular flexibility index (Phi) is 6.44. The first kappa shape index (κ1) is 19.3. The zero-order chi connectivity index (χ0) is 17.8. The summed E-state index contributed by atoms with van der Waals surface area (Å²) in [4.78, 5) is 28.2. The van der Waals surface area contributed by atoms with E-state index < -0.39 is 5.60 Å². The Morgan fingerprint density at radius 2 is 1.78 bits per heavy atom. The van der Waals surface area contributed by atoms with Gasteiger partial charge in [0.15, 0.2) is 0 Å². The summed E-state index contributed by atoms with van der Waals surface area (Å²) >= 11 is 1.44. The van der Waals surface area contributed by atoms with Crippen LogP contribution in [0.4, 0.5) is 9.80 Å². The average Bonchev–Trinajstić information content (AvgIpc) is 2.82. The van der Waals surface area contributed by atoms with Gasteiger partial charge in [0.25, 0.3) is 5.91 Å². The molecule has 0 unspecified atom stereocenters. The van der Waals surface area contributed by atoms with E-state index in [0.717, 1.165) is 15.4 Å². The number of thiophene rings is 1. The second kappa shape index (κ2) is 7.68. The molecule has 0 bridgehead atoms. The van der Waals surface area contributed by atoms with Crippen LogP contribution in [0.1, 0.15) is 36.0 Å². The number of rotatable bonds is 5. The Morgan fingerprint density at radius 3 is 2.26 bits per heavy atom. The molecule has 0 aromatic carbocycles. The molecule has 130 valence electrons. The van der Waals surface area contributed by atoms with Gasteiger partial charge >= 0.3 is 6.09 Å². The van der Waals surface area contributed by atoms with Crippen LogP contribution in [0.15, 0.2) is 6.07 Å². The van der Waals surface area contributed by atoms with Crippen LogP contribution in [0.5, 0.6) is 0 Å². The molecule has 0 saturated heterocycles. The van der Waals surface area contributed by atoms with Gasteiger partial charge in [-0.25, -0.2) is 4.79 Å². The molecule has 23 heavy (non-hydrogen) atoms. The molecule has 0 saturated carbocycles. The zero-order valence-electron chi connectivity index (χ0n) is 15.0. The van der Waals surface area contributed by atoms with E-state index in [1.165, 1.54) is 16.2 Å². The summed E-state index contributed by atoms with van der Waals surface area (Å²) < 4.78 is 5.29. The normalized spacial score (nSPS) is 11.1. The maximum atomic E-state index is 12.5. The van der Waals surface area contributed by atoms with Gasteiger partial charge in [-0.05, 0) is 39.3 Å². The summed E-state index contributed by atoms with van der Waals surface area (Å²) in [6.07, 6.45) is -0.386. The Bertz CT molecular complexity index is 563. The lowest BCUT2D eigenvalue weighted by atomic mass is 10.2. The standard InChI is InChI=1S/C16H27N3O3S/c1-11-10-12(17-5)23-13(11)14(20)18(6)8-9-19(7)15(21)22-16(2,3)4/h10,17H,8-9H2,1-7H3. The van der Waals surface area contributed by atoms with Crippen molar-refractivity contribution in [2.24, 2.45) is 0 Å². The molecule has 0 fully saturated rings. The van der Waals surface area contributed by atoms with Crippen molar-refractivity contribution in [3.05, 3.63) is 16.5 Å². The molecule has 2 amide bonds. The lowest BCUT2D eigenvalue weighted by Gasteiger charge is -2.26. The van der Waals surface area contributed by atoms with Crippen molar-refractivity contribution < 1.29 is 14.3 Å². The molecule has 1 N–H and O–H groups in total. The van der Waals surface area contributed by atoms with Crippen molar-refractivity contribution in [3.8, 4) is 0 Å². The topological polar surface area (TPSA) is 61.9 Å². The monoisotopic (exact) mass is 341 g/mol. The third kappa shape index (κ3) is 5.74. The number of aryl methyl sites for hydroxylation is 1. The van der Waals surface area contributed by atoms with E-state index in [1.807, 2.05) is 40.8 Å². The Hall–Kier alpha value is -1.76. The van der Waals surface area contributed by atoms with Gasteiger partial charge in [-0.2, -0.15) is 0 Å². The maximum absolute atomic E-state index is 12.5. The summed E-state index contributed by atoms with van der Waals surface area (Å²) in [5.74, 6) is -0.0356. The maximum Gasteiger partial charge on any atom is 0.410 e. The molecule has 0 spiro atoms. The van der Waals surface area contributed by atoms with E-state index in [1.54, 1.807) is 19.0 Å². The van der Waals surface area contributed by atoms with Crippen LogP contribution in [0.2, 0.25) is 0 Å². The van der Waals surface area contributed by atoms with Crippen LogP contribution >= 0.6 is 11.3 Å². The summed E-state index contributed by atoms with van der Waals surface area (Å²) in [7, 11) is 5.24.